The molecule has 0 saturated carbocycles. The number of carbonyl (C=O) groups excluding carboxylic acids is 1. The Kier molecular flexibility index (Phi) is 4.59. The average molecular weight is 356 g/mol. The molecule has 0 bridgehead atoms. The number of carbonyl (C=O) groups is 1. The zero-order chi connectivity index (χ0) is 18.0. The smallest absolute Gasteiger partial charge is 0.257 e. The first-order chi connectivity index (χ1) is 11.8. The number of hydrogen-bond acceptors (Lipinski definition) is 5. The molecule has 0 unspecified atom stereocenters. The molecular formula is C18H17FN4OS. The molecule has 1 aromatic carbocycles. The van der Waals surface area contributed by atoms with Gasteiger partial charge < -0.3 is 0 Å². The van der Waals surface area contributed by atoms with Crippen molar-refractivity contribution >= 4 is 22.6 Å². The number of halogens is 1. The molecule has 0 radical (unpaired) electrons. The molecule has 3 rings (SSSR count). The molecule has 0 fully saturated rings. The van der Waals surface area contributed by atoms with Crippen molar-refractivity contribution in [1.82, 2.24) is 14.3 Å². The Morgan fingerprint density at radius 2 is 1.84 bits per heavy atom. The van der Waals surface area contributed by atoms with Gasteiger partial charge in [0.15, 0.2) is 5.82 Å². The number of benzene rings is 1. The Balaban J connectivity index is 1.72. The van der Waals surface area contributed by atoms with E-state index in [0.29, 0.717) is 22.2 Å². The van der Waals surface area contributed by atoms with Crippen LogP contribution in [0.2, 0.25) is 0 Å². The van der Waals surface area contributed by atoms with Gasteiger partial charge >= 0.3 is 0 Å². The first-order valence-electron chi connectivity index (χ1n) is 7.70. The summed E-state index contributed by atoms with van der Waals surface area (Å²) in [6, 6.07) is 10.3. The minimum Gasteiger partial charge on any atom is -0.297 e. The van der Waals surface area contributed by atoms with Gasteiger partial charge in [-0.1, -0.05) is 32.9 Å². The second-order valence-corrected chi connectivity index (χ2v) is 7.32. The zero-order valence-electron chi connectivity index (χ0n) is 14.1. The Morgan fingerprint density at radius 1 is 1.12 bits per heavy atom. The number of hydrogen-bond donors (Lipinski definition) is 1. The van der Waals surface area contributed by atoms with E-state index in [1.54, 1.807) is 12.1 Å². The lowest BCUT2D eigenvalue weighted by Crippen LogP contribution is -2.14. The summed E-state index contributed by atoms with van der Waals surface area (Å²) < 4.78 is 17.1. The third-order valence-electron chi connectivity index (χ3n) is 3.62. The van der Waals surface area contributed by atoms with Crippen LogP contribution >= 0.6 is 11.5 Å². The van der Waals surface area contributed by atoms with Gasteiger partial charge in [-0.3, -0.25) is 10.1 Å². The molecule has 7 heteroatoms. The van der Waals surface area contributed by atoms with Gasteiger partial charge in [0.2, 0.25) is 5.13 Å². The summed E-state index contributed by atoms with van der Waals surface area (Å²) in [6.45, 7) is 6.36. The summed E-state index contributed by atoms with van der Waals surface area (Å²) in [5, 5.41) is 3.09. The van der Waals surface area contributed by atoms with Crippen molar-refractivity contribution in [2.75, 3.05) is 5.32 Å². The van der Waals surface area contributed by atoms with Crippen LogP contribution < -0.4 is 5.32 Å². The van der Waals surface area contributed by atoms with Gasteiger partial charge in [-0.05, 0) is 35.2 Å². The first-order valence-corrected chi connectivity index (χ1v) is 8.48. The number of pyridine rings is 1. The minimum absolute atomic E-state index is 0.0330. The Morgan fingerprint density at radius 3 is 2.44 bits per heavy atom. The lowest BCUT2D eigenvalue weighted by molar-refractivity contribution is 0.102. The Bertz CT molecular complexity index is 883. The van der Waals surface area contributed by atoms with E-state index in [0.717, 1.165) is 23.3 Å². The minimum atomic E-state index is -0.425. The lowest BCUT2D eigenvalue weighted by Gasteiger charge is -2.18. The van der Waals surface area contributed by atoms with E-state index in [-0.39, 0.29) is 11.3 Å². The standard InChI is InChI=1S/C18H17FN4OS/c1-18(2,3)12-6-4-11(5-7-12)16(24)22-17-21-15(23-25-17)14-9-8-13(19)10-20-14/h4-10H,1-3H3,(H,21,22,23,24). The van der Waals surface area contributed by atoms with Crippen LogP contribution in [0.3, 0.4) is 0 Å². The van der Waals surface area contributed by atoms with Crippen molar-refractivity contribution in [3.8, 4) is 11.5 Å². The molecule has 0 spiro atoms. The van der Waals surface area contributed by atoms with Gasteiger partial charge in [0.05, 0.1) is 6.20 Å². The molecule has 0 saturated heterocycles. The Labute approximate surface area is 149 Å². The third-order valence-corrected chi connectivity index (χ3v) is 4.25. The van der Waals surface area contributed by atoms with Gasteiger partial charge in [-0.25, -0.2) is 9.37 Å². The van der Waals surface area contributed by atoms with Crippen molar-refractivity contribution < 1.29 is 9.18 Å². The molecule has 2 heterocycles. The number of rotatable bonds is 3. The highest BCUT2D eigenvalue weighted by molar-refractivity contribution is 7.10. The van der Waals surface area contributed by atoms with Crippen LogP contribution in [-0.2, 0) is 5.41 Å². The molecule has 0 aliphatic carbocycles. The van der Waals surface area contributed by atoms with Crippen molar-refractivity contribution in [3.05, 3.63) is 59.5 Å². The van der Waals surface area contributed by atoms with Crippen LogP contribution in [0.4, 0.5) is 9.52 Å². The first kappa shape index (κ1) is 17.2. The third kappa shape index (κ3) is 4.06. The van der Waals surface area contributed by atoms with Crippen LogP contribution in [-0.4, -0.2) is 20.2 Å². The van der Waals surface area contributed by atoms with E-state index in [1.807, 2.05) is 12.1 Å². The number of aromatic nitrogens is 3. The van der Waals surface area contributed by atoms with Crippen molar-refractivity contribution in [3.63, 3.8) is 0 Å². The molecule has 0 aliphatic heterocycles. The summed E-state index contributed by atoms with van der Waals surface area (Å²) in [5.41, 5.74) is 2.19. The summed E-state index contributed by atoms with van der Waals surface area (Å²) in [4.78, 5) is 20.5. The summed E-state index contributed by atoms with van der Waals surface area (Å²) in [6.07, 6.45) is 1.10. The molecule has 3 aromatic rings. The highest BCUT2D eigenvalue weighted by Gasteiger charge is 2.15. The average Bonchev–Trinajstić information content (AvgIpc) is 3.03. The van der Waals surface area contributed by atoms with Gasteiger partial charge in [-0.2, -0.15) is 9.36 Å². The highest BCUT2D eigenvalue weighted by atomic mass is 32.1. The molecular weight excluding hydrogens is 339 g/mol. The van der Waals surface area contributed by atoms with E-state index >= 15 is 0 Å². The van der Waals surface area contributed by atoms with Crippen LogP contribution in [0.15, 0.2) is 42.6 Å². The van der Waals surface area contributed by atoms with Crippen molar-refractivity contribution in [2.24, 2.45) is 0 Å². The maximum Gasteiger partial charge on any atom is 0.257 e. The van der Waals surface area contributed by atoms with Gasteiger partial charge in [0, 0.05) is 17.1 Å². The largest absolute Gasteiger partial charge is 0.297 e. The fraction of sp³-hybridized carbons (Fsp3) is 0.222. The number of nitrogens with one attached hydrogen (secondary N) is 1. The molecule has 1 N–H and O–H groups in total. The molecule has 1 amide bonds. The topological polar surface area (TPSA) is 67.8 Å². The van der Waals surface area contributed by atoms with E-state index in [9.17, 15) is 9.18 Å². The zero-order valence-corrected chi connectivity index (χ0v) is 14.9. The SMILES string of the molecule is CC(C)(C)c1ccc(C(=O)Nc2nc(-c3ccc(F)cn3)ns2)cc1. The van der Waals surface area contributed by atoms with Crippen LogP contribution in [0, 0.1) is 5.82 Å². The fourth-order valence-electron chi connectivity index (χ4n) is 2.18. The van der Waals surface area contributed by atoms with E-state index in [1.165, 1.54) is 12.1 Å². The van der Waals surface area contributed by atoms with Crippen molar-refractivity contribution in [1.29, 1.82) is 0 Å². The second kappa shape index (κ2) is 6.68. The van der Waals surface area contributed by atoms with E-state index in [2.05, 4.69) is 40.4 Å². The maximum absolute atomic E-state index is 12.9. The summed E-state index contributed by atoms with van der Waals surface area (Å²) >= 11 is 1.05. The predicted molar refractivity (Wildman–Crippen MR) is 96.2 cm³/mol. The molecule has 2 aromatic heterocycles. The fourth-order valence-corrected chi connectivity index (χ4v) is 2.75. The van der Waals surface area contributed by atoms with E-state index in [4.69, 9.17) is 0 Å². The summed E-state index contributed by atoms with van der Waals surface area (Å²) in [7, 11) is 0. The molecule has 0 atom stereocenters. The lowest BCUT2D eigenvalue weighted by atomic mass is 9.87. The predicted octanol–water partition coefficient (Wildman–Crippen LogP) is 4.29. The van der Waals surface area contributed by atoms with Crippen LogP contribution in [0.5, 0.6) is 0 Å². The summed E-state index contributed by atoms with van der Waals surface area (Å²) in [5.74, 6) is -0.329. The second-order valence-electron chi connectivity index (χ2n) is 6.57. The highest BCUT2D eigenvalue weighted by Crippen LogP contribution is 2.23. The van der Waals surface area contributed by atoms with E-state index < -0.39 is 5.82 Å². The van der Waals surface area contributed by atoms with Crippen molar-refractivity contribution in [2.45, 2.75) is 26.2 Å². The van der Waals surface area contributed by atoms with Gasteiger partial charge in [0.25, 0.3) is 5.91 Å². The number of nitrogens with zero attached hydrogens (tertiary/aromatic N) is 3. The number of amides is 1. The number of anilines is 1. The molecule has 5 nitrogen and oxygen atoms in total. The normalized spacial score (nSPS) is 11.4. The molecule has 0 aliphatic rings. The van der Waals surface area contributed by atoms with Gasteiger partial charge in [0.1, 0.15) is 11.5 Å². The monoisotopic (exact) mass is 356 g/mol. The van der Waals surface area contributed by atoms with Crippen LogP contribution in [0.1, 0.15) is 36.7 Å². The van der Waals surface area contributed by atoms with Gasteiger partial charge in [-0.15, -0.1) is 0 Å². The quantitative estimate of drug-likeness (QED) is 0.760. The Hall–Kier alpha value is -2.67. The maximum atomic E-state index is 12.9. The van der Waals surface area contributed by atoms with Crippen LogP contribution in [0.25, 0.3) is 11.5 Å². The molecule has 128 valence electrons. The molecule has 25 heavy (non-hydrogen) atoms.